The first-order chi connectivity index (χ1) is 11.4. The molecule has 0 aliphatic heterocycles. The van der Waals surface area contributed by atoms with Crippen molar-refractivity contribution in [2.75, 3.05) is 0 Å². The van der Waals surface area contributed by atoms with Crippen molar-refractivity contribution in [3.63, 3.8) is 0 Å². The highest BCUT2D eigenvalue weighted by Crippen LogP contribution is 2.26. The zero-order valence-electron chi connectivity index (χ0n) is 13.9. The molecule has 4 rings (SSSR count). The fourth-order valence-electron chi connectivity index (χ4n) is 2.83. The lowest BCUT2D eigenvalue weighted by Gasteiger charge is -2.18. The summed E-state index contributed by atoms with van der Waals surface area (Å²) >= 11 is 5.39. The van der Waals surface area contributed by atoms with E-state index in [0.717, 1.165) is 27.9 Å². The molecule has 120 valence electrons. The highest BCUT2D eigenvalue weighted by molar-refractivity contribution is 7.71. The molecule has 0 aliphatic rings. The van der Waals surface area contributed by atoms with Crippen LogP contribution < -0.4 is 0 Å². The van der Waals surface area contributed by atoms with E-state index in [4.69, 9.17) is 17.2 Å². The smallest absolute Gasteiger partial charge is 0.221 e. The molecule has 0 atom stereocenters. The van der Waals surface area contributed by atoms with Gasteiger partial charge < -0.3 is 0 Å². The Bertz CT molecular complexity index is 1100. The van der Waals surface area contributed by atoms with Gasteiger partial charge in [-0.1, -0.05) is 57.2 Å². The summed E-state index contributed by atoms with van der Waals surface area (Å²) in [5.41, 5.74) is 4.13. The maximum absolute atomic E-state index is 5.39. The van der Waals surface area contributed by atoms with Gasteiger partial charge in [-0.25, -0.2) is 14.5 Å². The number of para-hydroxylation sites is 1. The standard InChI is InChI=1S/C19H18N4S/c1-19(2,3)13-10-8-12(9-11-13)16-21-17-14-6-4-5-7-15(14)20-18(24)23(17)22-16/h4-11H,1-3H3,(H,21,22). The molecule has 24 heavy (non-hydrogen) atoms. The summed E-state index contributed by atoms with van der Waals surface area (Å²) in [5, 5.41) is 4.26. The SMILES string of the molecule is CC(C)(C)c1ccc(-c2nc3c4ccccc4nc(=S)n3[nH]2)cc1. The molecule has 4 aromatic rings. The lowest BCUT2D eigenvalue weighted by atomic mass is 9.87. The molecule has 0 fully saturated rings. The third-order valence-corrected chi connectivity index (χ3v) is 4.50. The van der Waals surface area contributed by atoms with Gasteiger partial charge in [0.1, 0.15) is 0 Å². The van der Waals surface area contributed by atoms with Gasteiger partial charge in [0.2, 0.25) is 4.77 Å². The third-order valence-electron chi connectivity index (χ3n) is 4.22. The summed E-state index contributed by atoms with van der Waals surface area (Å²) in [6.45, 7) is 6.63. The van der Waals surface area contributed by atoms with Gasteiger partial charge in [0.25, 0.3) is 0 Å². The van der Waals surface area contributed by atoms with Crippen LogP contribution in [0.25, 0.3) is 27.9 Å². The minimum absolute atomic E-state index is 0.134. The number of aromatic nitrogens is 4. The van der Waals surface area contributed by atoms with Crippen LogP contribution in [0, 0.1) is 4.77 Å². The van der Waals surface area contributed by atoms with E-state index in [0.29, 0.717) is 4.77 Å². The second-order valence-corrected chi connectivity index (χ2v) is 7.34. The normalized spacial score (nSPS) is 12.1. The van der Waals surface area contributed by atoms with Crippen molar-refractivity contribution in [1.82, 2.24) is 19.6 Å². The zero-order valence-corrected chi connectivity index (χ0v) is 14.7. The van der Waals surface area contributed by atoms with Gasteiger partial charge in [-0.3, -0.25) is 5.10 Å². The average Bonchev–Trinajstić information content (AvgIpc) is 3.00. The van der Waals surface area contributed by atoms with Crippen LogP contribution in [0.15, 0.2) is 48.5 Å². The molecule has 4 nitrogen and oxygen atoms in total. The van der Waals surface area contributed by atoms with Crippen molar-refractivity contribution in [2.24, 2.45) is 0 Å². The summed E-state index contributed by atoms with van der Waals surface area (Å²) in [7, 11) is 0. The molecule has 0 radical (unpaired) electrons. The van der Waals surface area contributed by atoms with Crippen molar-refractivity contribution in [1.29, 1.82) is 0 Å². The number of fused-ring (bicyclic) bond motifs is 3. The Labute approximate surface area is 145 Å². The van der Waals surface area contributed by atoms with Crippen LogP contribution in [0.1, 0.15) is 26.3 Å². The Morgan fingerprint density at radius 2 is 1.67 bits per heavy atom. The number of nitrogens with one attached hydrogen (secondary N) is 1. The van der Waals surface area contributed by atoms with Crippen LogP contribution in [0.5, 0.6) is 0 Å². The van der Waals surface area contributed by atoms with Crippen molar-refractivity contribution >= 4 is 28.8 Å². The topological polar surface area (TPSA) is 46.0 Å². The van der Waals surface area contributed by atoms with E-state index >= 15 is 0 Å². The number of hydrogen-bond acceptors (Lipinski definition) is 3. The molecule has 0 saturated heterocycles. The summed E-state index contributed by atoms with van der Waals surface area (Å²) in [6.07, 6.45) is 0. The summed E-state index contributed by atoms with van der Waals surface area (Å²) in [4.78, 5) is 9.23. The number of benzene rings is 2. The van der Waals surface area contributed by atoms with Crippen LogP contribution in [-0.2, 0) is 5.41 Å². The highest BCUT2D eigenvalue weighted by atomic mass is 32.1. The maximum Gasteiger partial charge on any atom is 0.221 e. The molecular formula is C19H18N4S. The number of nitrogens with zero attached hydrogens (tertiary/aromatic N) is 3. The fourth-order valence-corrected chi connectivity index (χ4v) is 3.06. The minimum Gasteiger partial charge on any atom is -0.273 e. The van der Waals surface area contributed by atoms with Crippen molar-refractivity contribution in [2.45, 2.75) is 26.2 Å². The van der Waals surface area contributed by atoms with Crippen LogP contribution in [0.3, 0.4) is 0 Å². The number of H-pyrrole nitrogens is 1. The van der Waals surface area contributed by atoms with Gasteiger partial charge in [0.05, 0.1) is 5.52 Å². The van der Waals surface area contributed by atoms with Crippen LogP contribution in [0.4, 0.5) is 0 Å². The second-order valence-electron chi connectivity index (χ2n) is 6.97. The molecule has 0 bridgehead atoms. The van der Waals surface area contributed by atoms with Crippen LogP contribution in [-0.4, -0.2) is 19.6 Å². The molecule has 0 aliphatic carbocycles. The Kier molecular flexibility index (Phi) is 3.28. The first-order valence-electron chi connectivity index (χ1n) is 7.92. The van der Waals surface area contributed by atoms with E-state index in [9.17, 15) is 0 Å². The lowest BCUT2D eigenvalue weighted by Crippen LogP contribution is -2.10. The van der Waals surface area contributed by atoms with E-state index < -0.39 is 0 Å². The van der Waals surface area contributed by atoms with Crippen LogP contribution >= 0.6 is 12.2 Å². The Morgan fingerprint density at radius 3 is 2.38 bits per heavy atom. The summed E-state index contributed by atoms with van der Waals surface area (Å²) < 4.78 is 2.25. The van der Waals surface area contributed by atoms with Gasteiger partial charge in [-0.05, 0) is 35.3 Å². The van der Waals surface area contributed by atoms with Crippen molar-refractivity contribution in [3.8, 4) is 11.4 Å². The van der Waals surface area contributed by atoms with Crippen molar-refractivity contribution < 1.29 is 0 Å². The van der Waals surface area contributed by atoms with E-state index in [2.05, 4.69) is 55.1 Å². The van der Waals surface area contributed by atoms with Gasteiger partial charge in [-0.15, -0.1) is 0 Å². The summed E-state index contributed by atoms with van der Waals surface area (Å²) in [6, 6.07) is 16.4. The highest BCUT2D eigenvalue weighted by Gasteiger charge is 2.14. The lowest BCUT2D eigenvalue weighted by molar-refractivity contribution is 0.590. The average molecular weight is 334 g/mol. The van der Waals surface area contributed by atoms with Gasteiger partial charge in [-0.2, -0.15) is 0 Å². The Morgan fingerprint density at radius 1 is 0.958 bits per heavy atom. The van der Waals surface area contributed by atoms with Crippen molar-refractivity contribution in [3.05, 3.63) is 58.9 Å². The number of hydrogen-bond donors (Lipinski definition) is 1. The molecule has 0 spiro atoms. The maximum atomic E-state index is 5.39. The Balaban J connectivity index is 1.91. The second kappa shape index (κ2) is 5.24. The first kappa shape index (κ1) is 15.0. The van der Waals surface area contributed by atoms with Gasteiger partial charge in [0, 0.05) is 10.9 Å². The van der Waals surface area contributed by atoms with Crippen LogP contribution in [0.2, 0.25) is 0 Å². The van der Waals surface area contributed by atoms with Gasteiger partial charge in [0.15, 0.2) is 11.5 Å². The predicted molar refractivity (Wildman–Crippen MR) is 99.8 cm³/mol. The van der Waals surface area contributed by atoms with E-state index in [-0.39, 0.29) is 5.41 Å². The zero-order chi connectivity index (χ0) is 16.9. The predicted octanol–water partition coefficient (Wildman–Crippen LogP) is 4.90. The molecule has 5 heteroatoms. The molecule has 2 heterocycles. The fraction of sp³-hybridized carbons (Fsp3) is 0.211. The molecule has 2 aromatic carbocycles. The Hall–Kier alpha value is -2.53. The largest absolute Gasteiger partial charge is 0.273 e. The first-order valence-corrected chi connectivity index (χ1v) is 8.33. The molecule has 2 aromatic heterocycles. The molecule has 0 unspecified atom stereocenters. The molecular weight excluding hydrogens is 316 g/mol. The molecule has 0 amide bonds. The van der Waals surface area contributed by atoms with E-state index in [1.165, 1.54) is 5.56 Å². The van der Waals surface area contributed by atoms with E-state index in [1.54, 1.807) is 4.52 Å². The van der Waals surface area contributed by atoms with Gasteiger partial charge >= 0.3 is 0 Å². The molecule has 0 saturated carbocycles. The molecule has 1 N–H and O–H groups in total. The third kappa shape index (κ3) is 2.41. The monoisotopic (exact) mass is 334 g/mol. The minimum atomic E-state index is 0.134. The number of rotatable bonds is 1. The number of aromatic amines is 1. The summed E-state index contributed by atoms with van der Waals surface area (Å²) in [5.74, 6) is 0.791. The quantitative estimate of drug-likeness (QED) is 0.503. The van der Waals surface area contributed by atoms with E-state index in [1.807, 2.05) is 24.3 Å².